The first-order chi connectivity index (χ1) is 10.5. The number of rotatable bonds is 2. The van der Waals surface area contributed by atoms with Crippen molar-refractivity contribution >= 4 is 11.2 Å². The summed E-state index contributed by atoms with van der Waals surface area (Å²) in [5, 5.41) is 0. The van der Waals surface area contributed by atoms with Crippen LogP contribution in [0.4, 0.5) is 0 Å². The Morgan fingerprint density at radius 1 is 1.27 bits per heavy atom. The SMILES string of the molecule is Cn1cnc2c1c(=O)n(CC1CC3(C1)OCCO3)c(=O)n2C. The molecule has 2 aromatic rings. The molecule has 118 valence electrons. The Labute approximate surface area is 125 Å². The first-order valence-corrected chi connectivity index (χ1v) is 7.39. The summed E-state index contributed by atoms with van der Waals surface area (Å²) in [6, 6.07) is 0. The summed E-state index contributed by atoms with van der Waals surface area (Å²) in [5.41, 5.74) is 0.253. The van der Waals surface area contributed by atoms with E-state index in [2.05, 4.69) is 4.98 Å². The fourth-order valence-corrected chi connectivity index (χ4v) is 3.50. The zero-order chi connectivity index (χ0) is 15.5. The molecule has 0 N–H and O–H groups in total. The van der Waals surface area contributed by atoms with Crippen LogP contribution in [0.3, 0.4) is 0 Å². The molecule has 0 bridgehead atoms. The van der Waals surface area contributed by atoms with E-state index in [0.717, 1.165) is 12.8 Å². The van der Waals surface area contributed by atoms with E-state index in [1.807, 2.05) is 0 Å². The number of hydrogen-bond donors (Lipinski definition) is 0. The Kier molecular flexibility index (Phi) is 2.82. The molecular formula is C14H18N4O4. The lowest BCUT2D eigenvalue weighted by atomic mass is 9.79. The maximum absolute atomic E-state index is 12.6. The van der Waals surface area contributed by atoms with E-state index in [-0.39, 0.29) is 17.2 Å². The molecule has 3 heterocycles. The molecule has 1 saturated heterocycles. The highest BCUT2D eigenvalue weighted by Gasteiger charge is 2.49. The Balaban J connectivity index is 1.69. The lowest BCUT2D eigenvalue weighted by Gasteiger charge is -2.42. The Morgan fingerprint density at radius 2 is 1.95 bits per heavy atom. The van der Waals surface area contributed by atoms with Crippen molar-refractivity contribution < 1.29 is 9.47 Å². The highest BCUT2D eigenvalue weighted by Crippen LogP contribution is 2.44. The zero-order valence-corrected chi connectivity index (χ0v) is 12.6. The zero-order valence-electron chi connectivity index (χ0n) is 12.6. The molecule has 2 aromatic heterocycles. The average molecular weight is 306 g/mol. The maximum atomic E-state index is 12.6. The minimum atomic E-state index is -0.462. The van der Waals surface area contributed by atoms with Crippen molar-refractivity contribution in [3.63, 3.8) is 0 Å². The normalized spacial score (nSPS) is 20.8. The number of aromatic nitrogens is 4. The number of aryl methyl sites for hydroxylation is 2. The van der Waals surface area contributed by atoms with Crippen LogP contribution in [0.2, 0.25) is 0 Å². The van der Waals surface area contributed by atoms with E-state index >= 15 is 0 Å². The smallest absolute Gasteiger partial charge is 0.332 e. The van der Waals surface area contributed by atoms with Crippen molar-refractivity contribution in [1.29, 1.82) is 0 Å². The number of imidazole rings is 1. The molecule has 0 unspecified atom stereocenters. The largest absolute Gasteiger partial charge is 0.348 e. The van der Waals surface area contributed by atoms with Crippen LogP contribution < -0.4 is 11.2 Å². The predicted octanol–water partition coefficient (Wildman–Crippen LogP) is -0.413. The average Bonchev–Trinajstić information content (AvgIpc) is 3.07. The molecule has 22 heavy (non-hydrogen) atoms. The molecule has 4 rings (SSSR count). The van der Waals surface area contributed by atoms with Crippen LogP contribution in [-0.4, -0.2) is 37.7 Å². The van der Waals surface area contributed by atoms with Gasteiger partial charge in [0.15, 0.2) is 17.0 Å². The second-order valence-corrected chi connectivity index (χ2v) is 6.17. The third kappa shape index (κ3) is 1.80. The summed E-state index contributed by atoms with van der Waals surface area (Å²) in [7, 11) is 3.39. The first-order valence-electron chi connectivity index (χ1n) is 7.39. The van der Waals surface area contributed by atoms with Gasteiger partial charge in [-0.1, -0.05) is 0 Å². The van der Waals surface area contributed by atoms with Gasteiger partial charge in [-0.05, 0) is 5.92 Å². The van der Waals surface area contributed by atoms with Crippen molar-refractivity contribution in [3.05, 3.63) is 27.2 Å². The van der Waals surface area contributed by atoms with E-state index < -0.39 is 5.79 Å². The first kappa shape index (κ1) is 13.7. The van der Waals surface area contributed by atoms with Crippen LogP contribution >= 0.6 is 0 Å². The van der Waals surface area contributed by atoms with Gasteiger partial charge >= 0.3 is 5.69 Å². The van der Waals surface area contributed by atoms with E-state index in [0.29, 0.717) is 30.9 Å². The van der Waals surface area contributed by atoms with E-state index in [1.54, 1.807) is 25.0 Å². The summed E-state index contributed by atoms with van der Waals surface area (Å²) in [4.78, 5) is 29.1. The quantitative estimate of drug-likeness (QED) is 0.753. The molecular weight excluding hydrogens is 288 g/mol. The third-order valence-corrected chi connectivity index (χ3v) is 4.65. The molecule has 2 aliphatic rings. The van der Waals surface area contributed by atoms with Gasteiger partial charge in [0.1, 0.15) is 0 Å². The van der Waals surface area contributed by atoms with Crippen LogP contribution in [0.1, 0.15) is 12.8 Å². The number of hydrogen-bond acceptors (Lipinski definition) is 5. The van der Waals surface area contributed by atoms with Crippen LogP contribution in [0.15, 0.2) is 15.9 Å². The highest BCUT2D eigenvalue weighted by molar-refractivity contribution is 5.69. The molecule has 1 aliphatic heterocycles. The van der Waals surface area contributed by atoms with Crippen molar-refractivity contribution in [2.45, 2.75) is 25.2 Å². The highest BCUT2D eigenvalue weighted by atomic mass is 16.7. The topological polar surface area (TPSA) is 80.3 Å². The molecule has 0 radical (unpaired) electrons. The predicted molar refractivity (Wildman–Crippen MR) is 77.6 cm³/mol. The third-order valence-electron chi connectivity index (χ3n) is 4.65. The Bertz CT molecular complexity index is 848. The number of nitrogens with zero attached hydrogens (tertiary/aromatic N) is 4. The van der Waals surface area contributed by atoms with Crippen molar-refractivity contribution in [2.24, 2.45) is 20.0 Å². The lowest BCUT2D eigenvalue weighted by Crippen LogP contribution is -2.49. The van der Waals surface area contributed by atoms with E-state index in [9.17, 15) is 9.59 Å². The fourth-order valence-electron chi connectivity index (χ4n) is 3.50. The van der Waals surface area contributed by atoms with Gasteiger partial charge in [-0.15, -0.1) is 0 Å². The molecule has 0 aromatic carbocycles. The van der Waals surface area contributed by atoms with Gasteiger partial charge in [-0.2, -0.15) is 0 Å². The Morgan fingerprint density at radius 3 is 2.64 bits per heavy atom. The van der Waals surface area contributed by atoms with E-state index in [4.69, 9.17) is 9.47 Å². The summed E-state index contributed by atoms with van der Waals surface area (Å²) in [6.07, 6.45) is 3.01. The molecule has 0 amide bonds. The van der Waals surface area contributed by atoms with Gasteiger partial charge in [0, 0.05) is 33.5 Å². The second kappa shape index (κ2) is 4.53. The van der Waals surface area contributed by atoms with Crippen LogP contribution in [-0.2, 0) is 30.1 Å². The second-order valence-electron chi connectivity index (χ2n) is 6.17. The van der Waals surface area contributed by atoms with Gasteiger partial charge in [-0.3, -0.25) is 13.9 Å². The van der Waals surface area contributed by atoms with Crippen molar-refractivity contribution in [1.82, 2.24) is 18.7 Å². The molecule has 8 heteroatoms. The van der Waals surface area contributed by atoms with Crippen LogP contribution in [0.25, 0.3) is 11.2 Å². The minimum absolute atomic E-state index is 0.217. The van der Waals surface area contributed by atoms with Crippen LogP contribution in [0, 0.1) is 5.92 Å². The van der Waals surface area contributed by atoms with Gasteiger partial charge in [0.05, 0.1) is 19.5 Å². The molecule has 0 atom stereocenters. The Hall–Kier alpha value is -1.93. The van der Waals surface area contributed by atoms with E-state index in [1.165, 1.54) is 9.13 Å². The monoisotopic (exact) mass is 306 g/mol. The molecule has 1 saturated carbocycles. The molecule has 8 nitrogen and oxygen atoms in total. The summed E-state index contributed by atoms with van der Waals surface area (Å²) < 4.78 is 15.6. The summed E-state index contributed by atoms with van der Waals surface area (Å²) >= 11 is 0. The van der Waals surface area contributed by atoms with Gasteiger partial charge in [0.25, 0.3) is 5.56 Å². The van der Waals surface area contributed by atoms with Gasteiger partial charge in [-0.25, -0.2) is 9.78 Å². The number of fused-ring (bicyclic) bond motifs is 1. The summed E-state index contributed by atoms with van der Waals surface area (Å²) in [6.45, 7) is 1.63. The lowest BCUT2D eigenvalue weighted by molar-refractivity contribution is -0.232. The van der Waals surface area contributed by atoms with Crippen LogP contribution in [0.5, 0.6) is 0 Å². The van der Waals surface area contributed by atoms with Gasteiger partial charge in [0.2, 0.25) is 0 Å². The standard InChI is InChI=1S/C14H18N4O4/c1-16-8-15-11-10(16)12(19)18(13(20)17(11)2)7-9-5-14(6-9)21-3-4-22-14/h8-9H,3-7H2,1-2H3. The van der Waals surface area contributed by atoms with Gasteiger partial charge < -0.3 is 14.0 Å². The maximum Gasteiger partial charge on any atom is 0.332 e. The fraction of sp³-hybridized carbons (Fsp3) is 0.643. The van der Waals surface area contributed by atoms with Crippen molar-refractivity contribution in [2.75, 3.05) is 13.2 Å². The van der Waals surface area contributed by atoms with Crippen molar-refractivity contribution in [3.8, 4) is 0 Å². The number of ether oxygens (including phenoxy) is 2. The molecule has 1 spiro atoms. The molecule has 2 fully saturated rings. The molecule has 1 aliphatic carbocycles. The minimum Gasteiger partial charge on any atom is -0.348 e. The summed E-state index contributed by atoms with van der Waals surface area (Å²) in [5.74, 6) is -0.245.